The quantitative estimate of drug-likeness (QED) is 0.665. The van der Waals surface area contributed by atoms with Crippen molar-refractivity contribution < 1.29 is 4.79 Å². The van der Waals surface area contributed by atoms with Crippen LogP contribution < -0.4 is 0 Å². The fraction of sp³-hybridized carbons (Fsp3) is 0.312. The van der Waals surface area contributed by atoms with E-state index in [1.54, 1.807) is 22.4 Å². The zero-order chi connectivity index (χ0) is 16.4. The van der Waals surface area contributed by atoms with E-state index in [2.05, 4.69) is 16.0 Å². The topological polar surface area (TPSA) is 51.0 Å². The number of carbonyl (C=O) groups is 1. The van der Waals surface area contributed by atoms with Gasteiger partial charge in [0.15, 0.2) is 5.16 Å². The monoisotopic (exact) mass is 346 g/mol. The lowest BCUT2D eigenvalue weighted by Gasteiger charge is -2.23. The molecule has 1 aromatic carbocycles. The SMILES string of the molecule is C[C@@H](c1nc2ccccc2s1)N(C)C(=O)CSc1nccn1C. The molecule has 3 rings (SSSR count). The van der Waals surface area contributed by atoms with E-state index in [1.807, 2.05) is 50.0 Å². The molecule has 0 spiro atoms. The fourth-order valence-electron chi connectivity index (χ4n) is 2.17. The van der Waals surface area contributed by atoms with Crippen molar-refractivity contribution in [3.63, 3.8) is 0 Å². The van der Waals surface area contributed by atoms with Crippen LogP contribution in [-0.4, -0.2) is 38.1 Å². The van der Waals surface area contributed by atoms with E-state index in [0.29, 0.717) is 5.75 Å². The zero-order valence-corrected chi connectivity index (χ0v) is 14.9. The van der Waals surface area contributed by atoms with Crippen LogP contribution in [0.2, 0.25) is 0 Å². The Bertz CT molecular complexity index is 793. The third-order valence-corrected chi connectivity index (χ3v) is 5.99. The van der Waals surface area contributed by atoms with Gasteiger partial charge in [-0.25, -0.2) is 9.97 Å². The molecular formula is C16H18N4OS2. The van der Waals surface area contributed by atoms with E-state index in [-0.39, 0.29) is 11.9 Å². The standard InChI is InChI=1S/C16H18N4OS2/c1-11(15-18-12-6-4-5-7-13(12)23-15)20(3)14(21)10-22-16-17-8-9-19(16)2/h4-9,11H,10H2,1-3H3/t11-/m0/s1. The van der Waals surface area contributed by atoms with Gasteiger partial charge in [-0.2, -0.15) is 0 Å². The predicted molar refractivity (Wildman–Crippen MR) is 94.7 cm³/mol. The number of hydrogen-bond donors (Lipinski definition) is 0. The molecule has 0 bridgehead atoms. The highest BCUT2D eigenvalue weighted by Gasteiger charge is 2.21. The molecule has 23 heavy (non-hydrogen) atoms. The smallest absolute Gasteiger partial charge is 0.233 e. The average molecular weight is 346 g/mol. The Hall–Kier alpha value is -1.86. The number of imidazole rings is 1. The normalized spacial score (nSPS) is 12.5. The molecule has 7 heteroatoms. The highest BCUT2D eigenvalue weighted by molar-refractivity contribution is 7.99. The largest absolute Gasteiger partial charge is 0.336 e. The first-order chi connectivity index (χ1) is 11.1. The molecular weight excluding hydrogens is 328 g/mol. The third kappa shape index (κ3) is 3.40. The zero-order valence-electron chi connectivity index (χ0n) is 13.3. The first-order valence-electron chi connectivity index (χ1n) is 7.27. The summed E-state index contributed by atoms with van der Waals surface area (Å²) in [7, 11) is 3.76. The van der Waals surface area contributed by atoms with Crippen molar-refractivity contribution in [1.29, 1.82) is 0 Å². The van der Waals surface area contributed by atoms with Crippen LogP contribution in [0.3, 0.4) is 0 Å². The van der Waals surface area contributed by atoms with Gasteiger partial charge in [0.1, 0.15) is 5.01 Å². The van der Waals surface area contributed by atoms with Gasteiger partial charge in [-0.3, -0.25) is 4.79 Å². The lowest BCUT2D eigenvalue weighted by Crippen LogP contribution is -2.31. The maximum atomic E-state index is 12.4. The van der Waals surface area contributed by atoms with Gasteiger partial charge in [-0.15, -0.1) is 11.3 Å². The summed E-state index contributed by atoms with van der Waals surface area (Å²) in [5.41, 5.74) is 0.989. The van der Waals surface area contributed by atoms with Crippen molar-refractivity contribution >= 4 is 39.2 Å². The second-order valence-electron chi connectivity index (χ2n) is 5.31. The second-order valence-corrected chi connectivity index (χ2v) is 7.31. The lowest BCUT2D eigenvalue weighted by molar-refractivity contribution is -0.128. The van der Waals surface area contributed by atoms with Crippen LogP contribution in [0.1, 0.15) is 18.0 Å². The number of hydrogen-bond acceptors (Lipinski definition) is 5. The number of benzene rings is 1. The van der Waals surface area contributed by atoms with Gasteiger partial charge in [0.05, 0.1) is 22.0 Å². The summed E-state index contributed by atoms with van der Waals surface area (Å²) < 4.78 is 3.06. The Morgan fingerprint density at radius 1 is 1.43 bits per heavy atom. The molecule has 0 saturated heterocycles. The molecule has 0 aliphatic rings. The Kier molecular flexibility index (Phi) is 4.68. The molecule has 3 aromatic rings. The van der Waals surface area contributed by atoms with Crippen LogP contribution in [0.4, 0.5) is 0 Å². The van der Waals surface area contributed by atoms with E-state index in [1.165, 1.54) is 11.8 Å². The first kappa shape index (κ1) is 16.0. The van der Waals surface area contributed by atoms with Crippen molar-refractivity contribution in [2.24, 2.45) is 7.05 Å². The Morgan fingerprint density at radius 2 is 2.22 bits per heavy atom. The van der Waals surface area contributed by atoms with E-state index in [0.717, 1.165) is 20.4 Å². The molecule has 0 fully saturated rings. The molecule has 1 atom stereocenters. The molecule has 0 saturated carbocycles. The molecule has 120 valence electrons. The summed E-state index contributed by atoms with van der Waals surface area (Å²) in [5.74, 6) is 0.445. The van der Waals surface area contributed by atoms with Gasteiger partial charge < -0.3 is 9.47 Å². The third-order valence-electron chi connectivity index (χ3n) is 3.74. The van der Waals surface area contributed by atoms with Crippen LogP contribution >= 0.6 is 23.1 Å². The Morgan fingerprint density at radius 3 is 2.91 bits per heavy atom. The van der Waals surface area contributed by atoms with Crippen LogP contribution in [0.25, 0.3) is 10.2 Å². The highest BCUT2D eigenvalue weighted by Crippen LogP contribution is 2.29. The van der Waals surface area contributed by atoms with Crippen LogP contribution in [0, 0.1) is 0 Å². The van der Waals surface area contributed by atoms with Gasteiger partial charge in [-0.05, 0) is 19.1 Å². The lowest BCUT2D eigenvalue weighted by atomic mass is 10.3. The summed E-state index contributed by atoms with van der Waals surface area (Å²) in [6.07, 6.45) is 3.61. The first-order valence-corrected chi connectivity index (χ1v) is 9.07. The number of aromatic nitrogens is 3. The number of aryl methyl sites for hydroxylation is 1. The minimum absolute atomic E-state index is 0.0399. The molecule has 1 amide bonds. The molecule has 0 radical (unpaired) electrons. The number of nitrogens with zero attached hydrogens (tertiary/aromatic N) is 4. The summed E-state index contributed by atoms with van der Waals surface area (Å²) in [5, 5.41) is 1.81. The van der Waals surface area contributed by atoms with Crippen molar-refractivity contribution in [2.75, 3.05) is 12.8 Å². The number of thioether (sulfide) groups is 1. The fourth-order valence-corrected chi connectivity index (χ4v) is 4.09. The Balaban J connectivity index is 1.67. The number of carbonyl (C=O) groups excluding carboxylic acids is 1. The van der Waals surface area contributed by atoms with Crippen molar-refractivity contribution in [2.45, 2.75) is 18.1 Å². The summed E-state index contributed by atoms with van der Waals surface area (Å²) in [6, 6.07) is 8.01. The van der Waals surface area contributed by atoms with Crippen molar-refractivity contribution in [3.8, 4) is 0 Å². The second kappa shape index (κ2) is 6.72. The molecule has 0 unspecified atom stereocenters. The molecule has 2 aromatic heterocycles. The van der Waals surface area contributed by atoms with E-state index < -0.39 is 0 Å². The van der Waals surface area contributed by atoms with Gasteiger partial charge >= 0.3 is 0 Å². The Labute approximate surface area is 143 Å². The number of para-hydroxylation sites is 1. The predicted octanol–water partition coefficient (Wildman–Crippen LogP) is 3.34. The van der Waals surface area contributed by atoms with Gasteiger partial charge in [-0.1, -0.05) is 23.9 Å². The van der Waals surface area contributed by atoms with Crippen LogP contribution in [0.5, 0.6) is 0 Å². The minimum Gasteiger partial charge on any atom is -0.336 e. The van der Waals surface area contributed by atoms with E-state index >= 15 is 0 Å². The highest BCUT2D eigenvalue weighted by atomic mass is 32.2. The van der Waals surface area contributed by atoms with Gasteiger partial charge in [0.25, 0.3) is 0 Å². The van der Waals surface area contributed by atoms with Crippen molar-refractivity contribution in [1.82, 2.24) is 19.4 Å². The van der Waals surface area contributed by atoms with Crippen LogP contribution in [-0.2, 0) is 11.8 Å². The number of rotatable bonds is 5. The minimum atomic E-state index is -0.0399. The van der Waals surface area contributed by atoms with Gasteiger partial charge in [0, 0.05) is 26.5 Å². The summed E-state index contributed by atoms with van der Waals surface area (Å²) in [4.78, 5) is 23.0. The molecule has 0 aliphatic heterocycles. The molecule has 0 aliphatic carbocycles. The molecule has 2 heterocycles. The van der Waals surface area contributed by atoms with E-state index in [9.17, 15) is 4.79 Å². The maximum Gasteiger partial charge on any atom is 0.233 e. The van der Waals surface area contributed by atoms with Crippen molar-refractivity contribution in [3.05, 3.63) is 41.7 Å². The summed E-state index contributed by atoms with van der Waals surface area (Å²) in [6.45, 7) is 2.01. The molecule has 0 N–H and O–H groups in total. The van der Waals surface area contributed by atoms with Gasteiger partial charge in [0.2, 0.25) is 5.91 Å². The van der Waals surface area contributed by atoms with E-state index in [4.69, 9.17) is 0 Å². The maximum absolute atomic E-state index is 12.4. The number of amides is 1. The average Bonchev–Trinajstić information content (AvgIpc) is 3.17. The number of thiazole rings is 1. The number of fused-ring (bicyclic) bond motifs is 1. The summed E-state index contributed by atoms with van der Waals surface area (Å²) >= 11 is 3.09. The van der Waals surface area contributed by atoms with Crippen LogP contribution in [0.15, 0.2) is 41.8 Å². The molecule has 5 nitrogen and oxygen atoms in total.